The van der Waals surface area contributed by atoms with Crippen molar-refractivity contribution in [2.24, 2.45) is 11.7 Å². The van der Waals surface area contributed by atoms with Crippen LogP contribution in [-0.2, 0) is 4.79 Å². The molecular formula is C12H22F2N2O2. The molecule has 1 aliphatic rings. The average molecular weight is 264 g/mol. The van der Waals surface area contributed by atoms with Gasteiger partial charge in [-0.1, -0.05) is 6.42 Å². The van der Waals surface area contributed by atoms with Gasteiger partial charge in [-0.3, -0.25) is 4.79 Å². The molecule has 2 unspecified atom stereocenters. The second-order valence-corrected chi connectivity index (χ2v) is 4.95. The first-order valence-electron chi connectivity index (χ1n) is 6.45. The SMILES string of the molecule is NC1CCCC(CC(=O)N(CCO)CC(F)F)C1. The molecular weight excluding hydrogens is 242 g/mol. The molecule has 106 valence electrons. The lowest BCUT2D eigenvalue weighted by Gasteiger charge is -2.28. The fraction of sp³-hybridized carbons (Fsp3) is 0.917. The van der Waals surface area contributed by atoms with Gasteiger partial charge in [0.05, 0.1) is 13.2 Å². The van der Waals surface area contributed by atoms with Crippen LogP contribution < -0.4 is 5.73 Å². The van der Waals surface area contributed by atoms with Crippen LogP contribution in [0.4, 0.5) is 8.78 Å². The van der Waals surface area contributed by atoms with Gasteiger partial charge in [0.15, 0.2) is 0 Å². The van der Waals surface area contributed by atoms with Crippen molar-refractivity contribution in [3.8, 4) is 0 Å². The monoisotopic (exact) mass is 264 g/mol. The Bertz CT molecular complexity index is 264. The van der Waals surface area contributed by atoms with E-state index in [4.69, 9.17) is 10.8 Å². The molecule has 1 fully saturated rings. The van der Waals surface area contributed by atoms with Crippen LogP contribution >= 0.6 is 0 Å². The molecule has 0 bridgehead atoms. The van der Waals surface area contributed by atoms with Crippen molar-refractivity contribution in [1.82, 2.24) is 4.90 Å². The lowest BCUT2D eigenvalue weighted by Crippen LogP contribution is -2.39. The van der Waals surface area contributed by atoms with Crippen molar-refractivity contribution in [1.29, 1.82) is 0 Å². The molecule has 3 N–H and O–H groups in total. The molecule has 1 aliphatic carbocycles. The smallest absolute Gasteiger partial charge is 0.255 e. The summed E-state index contributed by atoms with van der Waals surface area (Å²) in [5, 5.41) is 8.79. The van der Waals surface area contributed by atoms with E-state index in [0.717, 1.165) is 30.6 Å². The summed E-state index contributed by atoms with van der Waals surface area (Å²) in [6.45, 7) is -0.914. The summed E-state index contributed by atoms with van der Waals surface area (Å²) in [4.78, 5) is 12.9. The molecule has 1 amide bonds. The Morgan fingerprint density at radius 2 is 2.17 bits per heavy atom. The fourth-order valence-electron chi connectivity index (χ4n) is 2.50. The topological polar surface area (TPSA) is 66.6 Å². The third-order valence-electron chi connectivity index (χ3n) is 3.37. The zero-order chi connectivity index (χ0) is 13.5. The van der Waals surface area contributed by atoms with Crippen LogP contribution in [0.1, 0.15) is 32.1 Å². The van der Waals surface area contributed by atoms with Gasteiger partial charge in [0.1, 0.15) is 0 Å². The normalized spacial score (nSPS) is 24.3. The molecule has 0 radical (unpaired) electrons. The predicted molar refractivity (Wildman–Crippen MR) is 64.2 cm³/mol. The lowest BCUT2D eigenvalue weighted by atomic mass is 9.84. The fourth-order valence-corrected chi connectivity index (χ4v) is 2.50. The van der Waals surface area contributed by atoms with Crippen LogP contribution in [0.5, 0.6) is 0 Å². The van der Waals surface area contributed by atoms with Gasteiger partial charge in [-0.2, -0.15) is 0 Å². The standard InChI is InChI=1S/C12H22F2N2O2/c13-11(14)8-16(4-5-17)12(18)7-9-2-1-3-10(15)6-9/h9-11,17H,1-8,15H2. The van der Waals surface area contributed by atoms with Gasteiger partial charge in [0.25, 0.3) is 6.43 Å². The number of carbonyl (C=O) groups is 1. The number of nitrogens with zero attached hydrogens (tertiary/aromatic N) is 1. The number of rotatable bonds is 6. The molecule has 0 heterocycles. The van der Waals surface area contributed by atoms with E-state index in [1.54, 1.807) is 0 Å². The number of aliphatic hydroxyl groups is 1. The van der Waals surface area contributed by atoms with Crippen molar-refractivity contribution in [2.75, 3.05) is 19.7 Å². The number of nitrogens with two attached hydrogens (primary N) is 1. The molecule has 0 aromatic heterocycles. The van der Waals surface area contributed by atoms with Crippen LogP contribution in [0.25, 0.3) is 0 Å². The van der Waals surface area contributed by atoms with Crippen molar-refractivity contribution < 1.29 is 18.7 Å². The molecule has 0 aliphatic heterocycles. The van der Waals surface area contributed by atoms with Gasteiger partial charge in [0.2, 0.25) is 5.91 Å². The minimum absolute atomic E-state index is 0.0258. The zero-order valence-corrected chi connectivity index (χ0v) is 10.5. The highest BCUT2D eigenvalue weighted by Gasteiger charge is 2.25. The Labute approximate surface area is 106 Å². The van der Waals surface area contributed by atoms with Gasteiger partial charge in [-0.25, -0.2) is 8.78 Å². The summed E-state index contributed by atoms with van der Waals surface area (Å²) in [7, 11) is 0. The molecule has 1 rings (SSSR count). The van der Waals surface area contributed by atoms with E-state index in [1.165, 1.54) is 0 Å². The Morgan fingerprint density at radius 3 is 2.72 bits per heavy atom. The van der Waals surface area contributed by atoms with Gasteiger partial charge < -0.3 is 15.7 Å². The van der Waals surface area contributed by atoms with Crippen LogP contribution in [-0.4, -0.2) is 48.1 Å². The van der Waals surface area contributed by atoms with E-state index in [-0.39, 0.29) is 37.4 Å². The van der Waals surface area contributed by atoms with E-state index >= 15 is 0 Å². The molecule has 0 spiro atoms. The molecule has 0 saturated heterocycles. The van der Waals surface area contributed by atoms with Gasteiger partial charge in [-0.05, 0) is 25.2 Å². The Kier molecular flexibility index (Phi) is 6.49. The Balaban J connectivity index is 2.44. The van der Waals surface area contributed by atoms with Crippen molar-refractivity contribution in [3.63, 3.8) is 0 Å². The van der Waals surface area contributed by atoms with Crippen LogP contribution in [0.2, 0.25) is 0 Å². The number of hydrogen-bond donors (Lipinski definition) is 2. The zero-order valence-electron chi connectivity index (χ0n) is 10.5. The maximum absolute atomic E-state index is 12.3. The lowest BCUT2D eigenvalue weighted by molar-refractivity contribution is -0.135. The van der Waals surface area contributed by atoms with Gasteiger partial charge >= 0.3 is 0 Å². The molecule has 0 aromatic rings. The summed E-state index contributed by atoms with van der Waals surface area (Å²) in [5.41, 5.74) is 5.83. The molecule has 2 atom stereocenters. The van der Waals surface area contributed by atoms with Crippen LogP contribution in [0.15, 0.2) is 0 Å². The first-order valence-corrected chi connectivity index (χ1v) is 6.45. The number of aliphatic hydroxyl groups excluding tert-OH is 1. The number of alkyl halides is 2. The van der Waals surface area contributed by atoms with E-state index in [0.29, 0.717) is 0 Å². The Morgan fingerprint density at radius 1 is 1.44 bits per heavy atom. The third-order valence-corrected chi connectivity index (χ3v) is 3.37. The summed E-state index contributed by atoms with van der Waals surface area (Å²) < 4.78 is 24.6. The van der Waals surface area contributed by atoms with E-state index in [1.807, 2.05) is 0 Å². The molecule has 0 aromatic carbocycles. The molecule has 6 heteroatoms. The maximum Gasteiger partial charge on any atom is 0.255 e. The highest BCUT2D eigenvalue weighted by Crippen LogP contribution is 2.26. The first-order chi connectivity index (χ1) is 8.52. The summed E-state index contributed by atoms with van der Waals surface area (Å²) in [5.74, 6) is -0.108. The number of hydrogen-bond acceptors (Lipinski definition) is 3. The number of carbonyl (C=O) groups excluding carboxylic acids is 1. The first kappa shape index (κ1) is 15.3. The quantitative estimate of drug-likeness (QED) is 0.751. The summed E-state index contributed by atoms with van der Waals surface area (Å²) in [6, 6.07) is 0.123. The maximum atomic E-state index is 12.3. The summed E-state index contributed by atoms with van der Waals surface area (Å²) >= 11 is 0. The summed E-state index contributed by atoms with van der Waals surface area (Å²) in [6.07, 6.45) is 1.39. The van der Waals surface area contributed by atoms with Crippen molar-refractivity contribution >= 4 is 5.91 Å². The number of halogens is 2. The van der Waals surface area contributed by atoms with Crippen molar-refractivity contribution in [3.05, 3.63) is 0 Å². The largest absolute Gasteiger partial charge is 0.395 e. The van der Waals surface area contributed by atoms with E-state index < -0.39 is 13.0 Å². The van der Waals surface area contributed by atoms with Gasteiger partial charge in [0, 0.05) is 19.0 Å². The average Bonchev–Trinajstić information content (AvgIpc) is 2.27. The Hall–Kier alpha value is -0.750. The molecule has 4 nitrogen and oxygen atoms in total. The predicted octanol–water partition coefficient (Wildman–Crippen LogP) is 0.980. The van der Waals surface area contributed by atoms with E-state index in [9.17, 15) is 13.6 Å². The minimum atomic E-state index is -2.56. The third kappa shape index (κ3) is 5.27. The molecule has 18 heavy (non-hydrogen) atoms. The second-order valence-electron chi connectivity index (χ2n) is 4.95. The van der Waals surface area contributed by atoms with Crippen LogP contribution in [0, 0.1) is 5.92 Å². The van der Waals surface area contributed by atoms with E-state index in [2.05, 4.69) is 0 Å². The van der Waals surface area contributed by atoms with Crippen LogP contribution in [0.3, 0.4) is 0 Å². The second kappa shape index (κ2) is 7.63. The van der Waals surface area contributed by atoms with Crippen molar-refractivity contribution in [2.45, 2.75) is 44.6 Å². The minimum Gasteiger partial charge on any atom is -0.395 e. The highest BCUT2D eigenvalue weighted by molar-refractivity contribution is 5.76. The highest BCUT2D eigenvalue weighted by atomic mass is 19.3. The number of amides is 1. The molecule has 1 saturated carbocycles. The van der Waals surface area contributed by atoms with Gasteiger partial charge in [-0.15, -0.1) is 0 Å².